The van der Waals surface area contributed by atoms with Crippen LogP contribution >= 0.6 is 0 Å². The number of esters is 1. The summed E-state index contributed by atoms with van der Waals surface area (Å²) < 4.78 is 16.2. The molecule has 31 heavy (non-hydrogen) atoms. The van der Waals surface area contributed by atoms with E-state index < -0.39 is 17.2 Å². The zero-order valence-corrected chi connectivity index (χ0v) is 18.7. The highest BCUT2D eigenvalue weighted by Gasteiger charge is 2.44. The van der Waals surface area contributed by atoms with Gasteiger partial charge in [0.15, 0.2) is 0 Å². The molecule has 1 aromatic rings. The number of amides is 2. The van der Waals surface area contributed by atoms with Crippen molar-refractivity contribution >= 4 is 18.2 Å². The van der Waals surface area contributed by atoms with Gasteiger partial charge in [0, 0.05) is 45.1 Å². The Kier molecular flexibility index (Phi) is 6.71. The maximum Gasteiger partial charge on any atom is 0.410 e. The fraction of sp³-hybridized carbons (Fsp3) is 0.636. The van der Waals surface area contributed by atoms with Gasteiger partial charge in [-0.3, -0.25) is 4.98 Å². The molecule has 0 saturated carbocycles. The topological polar surface area (TPSA) is 98.3 Å². The second kappa shape index (κ2) is 9.11. The van der Waals surface area contributed by atoms with Crippen molar-refractivity contribution in [2.75, 3.05) is 26.2 Å². The first-order valence-corrected chi connectivity index (χ1v) is 10.7. The smallest absolute Gasteiger partial charge is 0.410 e. The monoisotopic (exact) mass is 433 g/mol. The van der Waals surface area contributed by atoms with Gasteiger partial charge < -0.3 is 24.0 Å². The number of piperidine rings is 1. The first-order valence-electron chi connectivity index (χ1n) is 10.7. The van der Waals surface area contributed by atoms with Crippen LogP contribution in [0.1, 0.15) is 63.0 Å². The Bertz CT molecular complexity index is 810. The molecule has 1 aromatic heterocycles. The molecule has 2 aliphatic heterocycles. The highest BCUT2D eigenvalue weighted by atomic mass is 16.6. The summed E-state index contributed by atoms with van der Waals surface area (Å²) >= 11 is 0. The van der Waals surface area contributed by atoms with Crippen molar-refractivity contribution in [3.63, 3.8) is 0 Å². The molecule has 0 aromatic carbocycles. The Hall–Kier alpha value is -2.84. The SMILES string of the molecule is CCOC(=O)c1ccc(CN2CCC3(CCN(C(=O)OC(C)(C)C)CC3)OC2=O)nc1. The van der Waals surface area contributed by atoms with Crippen molar-refractivity contribution in [2.45, 2.75) is 64.7 Å². The predicted molar refractivity (Wildman–Crippen MR) is 111 cm³/mol. The fourth-order valence-electron chi connectivity index (χ4n) is 3.70. The van der Waals surface area contributed by atoms with E-state index in [1.54, 1.807) is 28.9 Å². The Morgan fingerprint density at radius 1 is 1.16 bits per heavy atom. The molecule has 2 fully saturated rings. The van der Waals surface area contributed by atoms with Crippen LogP contribution in [-0.4, -0.2) is 70.4 Å². The number of hydrogen-bond donors (Lipinski definition) is 0. The highest BCUT2D eigenvalue weighted by Crippen LogP contribution is 2.34. The number of hydrogen-bond acceptors (Lipinski definition) is 7. The summed E-state index contributed by atoms with van der Waals surface area (Å²) in [5.74, 6) is -0.418. The van der Waals surface area contributed by atoms with Gasteiger partial charge in [-0.05, 0) is 39.8 Å². The molecule has 1 spiro atoms. The van der Waals surface area contributed by atoms with Gasteiger partial charge in [-0.2, -0.15) is 0 Å². The molecule has 2 saturated heterocycles. The molecular formula is C22H31N3O6. The molecular weight excluding hydrogens is 402 g/mol. The standard InChI is InChI=1S/C22H31N3O6/c1-5-29-18(26)16-6-7-17(23-14-16)15-25-13-10-22(31-20(25)28)8-11-24(12-9-22)19(27)30-21(2,3)4/h6-7,14H,5,8-13,15H2,1-4H3. The van der Waals surface area contributed by atoms with Crippen molar-refractivity contribution in [1.82, 2.24) is 14.8 Å². The largest absolute Gasteiger partial charge is 0.462 e. The van der Waals surface area contributed by atoms with E-state index in [9.17, 15) is 14.4 Å². The average molecular weight is 434 g/mol. The second-order valence-electron chi connectivity index (χ2n) is 8.95. The Balaban J connectivity index is 1.51. The number of nitrogens with zero attached hydrogens (tertiary/aromatic N) is 3. The van der Waals surface area contributed by atoms with Gasteiger partial charge in [0.25, 0.3) is 0 Å². The van der Waals surface area contributed by atoms with Gasteiger partial charge in [-0.1, -0.05) is 0 Å². The first kappa shape index (κ1) is 22.8. The normalized spacial score (nSPS) is 18.5. The van der Waals surface area contributed by atoms with Gasteiger partial charge in [-0.15, -0.1) is 0 Å². The molecule has 0 radical (unpaired) electrons. The molecule has 3 rings (SSSR count). The summed E-state index contributed by atoms with van der Waals surface area (Å²) in [6.45, 7) is 9.42. The minimum Gasteiger partial charge on any atom is -0.462 e. The van der Waals surface area contributed by atoms with Gasteiger partial charge in [0.05, 0.1) is 24.4 Å². The van der Waals surface area contributed by atoms with Crippen LogP contribution in [0.25, 0.3) is 0 Å². The number of ether oxygens (including phenoxy) is 3. The van der Waals surface area contributed by atoms with Crippen molar-refractivity contribution < 1.29 is 28.6 Å². The maximum absolute atomic E-state index is 12.6. The third kappa shape index (κ3) is 5.86. The van der Waals surface area contributed by atoms with Crippen molar-refractivity contribution in [1.29, 1.82) is 0 Å². The number of likely N-dealkylation sites (tertiary alicyclic amines) is 1. The quantitative estimate of drug-likeness (QED) is 0.530. The zero-order chi connectivity index (χ0) is 22.6. The van der Waals surface area contributed by atoms with E-state index in [1.165, 1.54) is 6.20 Å². The number of pyridine rings is 1. The van der Waals surface area contributed by atoms with E-state index in [4.69, 9.17) is 14.2 Å². The van der Waals surface area contributed by atoms with Crippen molar-refractivity contribution in [3.8, 4) is 0 Å². The number of aromatic nitrogens is 1. The summed E-state index contributed by atoms with van der Waals surface area (Å²) in [5.41, 5.74) is -0.0249. The van der Waals surface area contributed by atoms with Gasteiger partial charge in [-0.25, -0.2) is 14.4 Å². The minimum atomic E-state index is -0.535. The summed E-state index contributed by atoms with van der Waals surface area (Å²) in [4.78, 5) is 44.2. The summed E-state index contributed by atoms with van der Waals surface area (Å²) in [5, 5.41) is 0. The maximum atomic E-state index is 12.6. The summed E-state index contributed by atoms with van der Waals surface area (Å²) in [6.07, 6.45) is 2.63. The summed E-state index contributed by atoms with van der Waals surface area (Å²) in [6, 6.07) is 3.35. The molecule has 2 aliphatic rings. The van der Waals surface area contributed by atoms with E-state index in [0.29, 0.717) is 63.3 Å². The zero-order valence-electron chi connectivity index (χ0n) is 18.7. The van der Waals surface area contributed by atoms with Crippen LogP contribution in [0.4, 0.5) is 9.59 Å². The molecule has 9 nitrogen and oxygen atoms in total. The third-order valence-corrected chi connectivity index (χ3v) is 5.41. The summed E-state index contributed by atoms with van der Waals surface area (Å²) in [7, 11) is 0. The average Bonchev–Trinajstić information content (AvgIpc) is 2.70. The molecule has 0 aliphatic carbocycles. The first-order chi connectivity index (χ1) is 14.6. The molecule has 2 amide bonds. The molecule has 9 heteroatoms. The number of carbonyl (C=O) groups excluding carboxylic acids is 3. The lowest BCUT2D eigenvalue weighted by atomic mass is 9.87. The van der Waals surface area contributed by atoms with Crippen molar-refractivity contribution in [2.24, 2.45) is 0 Å². The number of carbonyl (C=O) groups is 3. The van der Waals surface area contributed by atoms with Gasteiger partial charge in [0.1, 0.15) is 11.2 Å². The van der Waals surface area contributed by atoms with E-state index >= 15 is 0 Å². The van der Waals surface area contributed by atoms with Crippen LogP contribution in [0.15, 0.2) is 18.3 Å². The number of rotatable bonds is 4. The van der Waals surface area contributed by atoms with E-state index in [1.807, 2.05) is 20.8 Å². The van der Waals surface area contributed by atoms with E-state index in [2.05, 4.69) is 4.98 Å². The third-order valence-electron chi connectivity index (χ3n) is 5.41. The van der Waals surface area contributed by atoms with Crippen LogP contribution in [0.2, 0.25) is 0 Å². The van der Waals surface area contributed by atoms with Crippen LogP contribution in [0.3, 0.4) is 0 Å². The minimum absolute atomic E-state index is 0.303. The van der Waals surface area contributed by atoms with Gasteiger partial charge >= 0.3 is 18.2 Å². The van der Waals surface area contributed by atoms with Crippen molar-refractivity contribution in [3.05, 3.63) is 29.6 Å². The predicted octanol–water partition coefficient (Wildman–Crippen LogP) is 3.37. The fourth-order valence-corrected chi connectivity index (χ4v) is 3.70. The lowest BCUT2D eigenvalue weighted by Crippen LogP contribution is -2.55. The Morgan fingerprint density at radius 2 is 1.84 bits per heavy atom. The molecule has 0 N–H and O–H groups in total. The van der Waals surface area contributed by atoms with Crippen LogP contribution in [0.5, 0.6) is 0 Å². The van der Waals surface area contributed by atoms with Crippen LogP contribution < -0.4 is 0 Å². The Morgan fingerprint density at radius 3 is 2.39 bits per heavy atom. The van der Waals surface area contributed by atoms with E-state index in [-0.39, 0.29) is 12.2 Å². The molecule has 0 atom stereocenters. The lowest BCUT2D eigenvalue weighted by Gasteiger charge is -2.45. The molecule has 170 valence electrons. The van der Waals surface area contributed by atoms with Crippen LogP contribution in [-0.2, 0) is 20.8 Å². The highest BCUT2D eigenvalue weighted by molar-refractivity contribution is 5.88. The van der Waals surface area contributed by atoms with Gasteiger partial charge in [0.2, 0.25) is 0 Å². The molecule has 0 bridgehead atoms. The Labute approximate surface area is 182 Å². The lowest BCUT2D eigenvalue weighted by molar-refractivity contribution is -0.0828. The molecule has 0 unspecified atom stereocenters. The second-order valence-corrected chi connectivity index (χ2v) is 8.95. The van der Waals surface area contributed by atoms with E-state index in [0.717, 1.165) is 0 Å². The molecule has 3 heterocycles. The van der Waals surface area contributed by atoms with Crippen LogP contribution in [0, 0.1) is 0 Å².